The number of nitrogens with zero attached hydrogens (tertiary/aromatic N) is 1. The lowest BCUT2D eigenvalue weighted by Gasteiger charge is -2.05. The number of carbonyl (C=O) groups excluding carboxylic acids is 1. The number of rotatable bonds is 2. The molecule has 0 aromatic heterocycles. The summed E-state index contributed by atoms with van der Waals surface area (Å²) in [5.74, 6) is -0.245. The molecule has 0 saturated heterocycles. The molecule has 0 aliphatic carbocycles. The topological polar surface area (TPSA) is 70.9 Å². The average Bonchev–Trinajstić information content (AvgIpc) is 2.57. The molecule has 1 aromatic carbocycles. The summed E-state index contributed by atoms with van der Waals surface area (Å²) in [6.45, 7) is 0. The van der Waals surface area contributed by atoms with Crippen molar-refractivity contribution in [2.24, 2.45) is 5.16 Å². The van der Waals surface area contributed by atoms with Crippen LogP contribution < -0.4 is 5.32 Å². The van der Waals surface area contributed by atoms with E-state index in [-0.39, 0.29) is 11.7 Å². The van der Waals surface area contributed by atoms with Crippen LogP contribution in [0.3, 0.4) is 0 Å². The summed E-state index contributed by atoms with van der Waals surface area (Å²) < 4.78 is 0. The fourth-order valence-corrected chi connectivity index (χ4v) is 1.26. The Morgan fingerprint density at radius 2 is 2.29 bits per heavy atom. The second-order valence-electron chi connectivity index (χ2n) is 3.30. The van der Waals surface area contributed by atoms with Crippen LogP contribution in [0.2, 0.25) is 0 Å². The maximum absolute atomic E-state index is 11.8. The quantitative estimate of drug-likeness (QED) is 0.813. The van der Waals surface area contributed by atoms with Gasteiger partial charge in [0.15, 0.2) is 0 Å². The van der Waals surface area contributed by atoms with E-state index in [2.05, 4.69) is 10.5 Å². The maximum Gasteiger partial charge on any atom is 0.258 e. The summed E-state index contributed by atoms with van der Waals surface area (Å²) in [6.07, 6.45) is 5.86. The van der Waals surface area contributed by atoms with Gasteiger partial charge in [-0.2, -0.15) is 0 Å². The second kappa shape index (κ2) is 4.98. The van der Waals surface area contributed by atoms with E-state index in [1.165, 1.54) is 24.6 Å². The van der Waals surface area contributed by atoms with E-state index < -0.39 is 0 Å². The molecule has 2 N–H and O–H groups in total. The third-order valence-electron chi connectivity index (χ3n) is 2.03. The van der Waals surface area contributed by atoms with Crippen molar-refractivity contribution in [2.75, 3.05) is 5.32 Å². The van der Waals surface area contributed by atoms with Crippen molar-refractivity contribution in [3.05, 3.63) is 48.3 Å². The first-order chi connectivity index (χ1) is 8.25. The Hall–Kier alpha value is -2.56. The van der Waals surface area contributed by atoms with Gasteiger partial charge in [0.25, 0.3) is 5.91 Å². The zero-order chi connectivity index (χ0) is 12.1. The molecule has 1 heterocycles. The zero-order valence-corrected chi connectivity index (χ0v) is 8.83. The summed E-state index contributed by atoms with van der Waals surface area (Å²) in [6, 6.07) is 6.30. The monoisotopic (exact) mass is 230 g/mol. The van der Waals surface area contributed by atoms with Gasteiger partial charge in [0.05, 0.1) is 11.8 Å². The van der Waals surface area contributed by atoms with Crippen LogP contribution in [-0.4, -0.2) is 17.2 Å². The summed E-state index contributed by atoms with van der Waals surface area (Å²) in [5.41, 5.74) is 0.848. The molecule has 0 spiro atoms. The van der Waals surface area contributed by atoms with Crippen LogP contribution in [0.1, 0.15) is 0 Å². The van der Waals surface area contributed by atoms with Gasteiger partial charge in [-0.25, -0.2) is 0 Å². The molecule has 0 saturated carbocycles. The number of oxime groups is 1. The Kier molecular flexibility index (Phi) is 3.20. The van der Waals surface area contributed by atoms with Crippen LogP contribution >= 0.6 is 0 Å². The molecular formula is C12H10N2O3. The lowest BCUT2D eigenvalue weighted by atomic mass is 10.2. The van der Waals surface area contributed by atoms with E-state index >= 15 is 0 Å². The molecule has 1 amide bonds. The van der Waals surface area contributed by atoms with Crippen molar-refractivity contribution in [3.63, 3.8) is 0 Å². The van der Waals surface area contributed by atoms with Crippen LogP contribution in [-0.2, 0) is 9.63 Å². The average molecular weight is 230 g/mol. The molecule has 0 radical (unpaired) electrons. The molecule has 0 bridgehead atoms. The number of carbonyl (C=O) groups is 1. The summed E-state index contributed by atoms with van der Waals surface area (Å²) in [7, 11) is 0. The SMILES string of the molecule is O=C(Nc1cccc(O)c1)C1=CON=CC=C1. The van der Waals surface area contributed by atoms with E-state index in [1.54, 1.807) is 24.3 Å². The molecule has 5 nitrogen and oxygen atoms in total. The minimum Gasteiger partial charge on any atom is -0.508 e. The number of nitrogens with one attached hydrogen (secondary N) is 1. The number of aromatic hydroxyl groups is 1. The van der Waals surface area contributed by atoms with Gasteiger partial charge in [-0.15, -0.1) is 0 Å². The standard InChI is InChI=1S/C12H10N2O3/c15-11-5-1-4-10(7-11)14-12(16)9-3-2-6-13-17-8-9/h1-8,15H,(H,14,16). The van der Waals surface area contributed by atoms with Crippen molar-refractivity contribution in [3.8, 4) is 5.75 Å². The van der Waals surface area contributed by atoms with Crippen molar-refractivity contribution >= 4 is 17.8 Å². The number of hydrogen-bond acceptors (Lipinski definition) is 4. The fourth-order valence-electron chi connectivity index (χ4n) is 1.26. The zero-order valence-electron chi connectivity index (χ0n) is 8.83. The van der Waals surface area contributed by atoms with Crippen molar-refractivity contribution in [1.29, 1.82) is 0 Å². The van der Waals surface area contributed by atoms with Gasteiger partial charge >= 0.3 is 0 Å². The number of hydrogen-bond donors (Lipinski definition) is 2. The molecule has 17 heavy (non-hydrogen) atoms. The maximum atomic E-state index is 11.8. The van der Waals surface area contributed by atoms with Crippen LogP contribution in [0.15, 0.2) is 53.4 Å². The van der Waals surface area contributed by atoms with E-state index in [1.807, 2.05) is 0 Å². The smallest absolute Gasteiger partial charge is 0.258 e. The largest absolute Gasteiger partial charge is 0.508 e. The molecule has 0 atom stereocenters. The molecule has 1 aromatic rings. The number of phenols is 1. The molecule has 86 valence electrons. The van der Waals surface area contributed by atoms with E-state index in [9.17, 15) is 9.90 Å². The lowest BCUT2D eigenvalue weighted by molar-refractivity contribution is -0.112. The third kappa shape index (κ3) is 2.94. The first kappa shape index (κ1) is 10.9. The highest BCUT2D eigenvalue weighted by Gasteiger charge is 2.08. The van der Waals surface area contributed by atoms with E-state index in [0.717, 1.165) is 0 Å². The van der Waals surface area contributed by atoms with Crippen molar-refractivity contribution in [1.82, 2.24) is 0 Å². The molecule has 1 aliphatic heterocycles. The third-order valence-corrected chi connectivity index (χ3v) is 2.03. The molecule has 2 rings (SSSR count). The van der Waals surface area contributed by atoms with Crippen LogP contribution in [0.5, 0.6) is 5.75 Å². The molecule has 0 fully saturated rings. The first-order valence-corrected chi connectivity index (χ1v) is 4.92. The highest BCUT2D eigenvalue weighted by atomic mass is 16.6. The Bertz CT molecular complexity index is 518. The Balaban J connectivity index is 2.09. The van der Waals surface area contributed by atoms with Crippen LogP contribution in [0.25, 0.3) is 0 Å². The normalized spacial score (nSPS) is 13.5. The molecule has 1 aliphatic rings. The van der Waals surface area contributed by atoms with Gasteiger partial charge in [0, 0.05) is 11.8 Å². The van der Waals surface area contributed by atoms with Crippen molar-refractivity contribution in [2.45, 2.75) is 0 Å². The number of amides is 1. The predicted octanol–water partition coefficient (Wildman–Crippen LogP) is 1.79. The Morgan fingerprint density at radius 3 is 3.12 bits per heavy atom. The molecular weight excluding hydrogens is 220 g/mol. The van der Waals surface area contributed by atoms with Crippen LogP contribution in [0, 0.1) is 0 Å². The first-order valence-electron chi connectivity index (χ1n) is 4.92. The van der Waals surface area contributed by atoms with Gasteiger partial charge in [0.2, 0.25) is 0 Å². The number of allylic oxidation sites excluding steroid dienone is 1. The minimum absolute atomic E-state index is 0.0905. The van der Waals surface area contributed by atoms with Gasteiger partial charge < -0.3 is 15.3 Å². The van der Waals surface area contributed by atoms with E-state index in [4.69, 9.17) is 4.84 Å². The Morgan fingerprint density at radius 1 is 1.41 bits per heavy atom. The second-order valence-corrected chi connectivity index (χ2v) is 3.30. The number of phenolic OH excluding ortho intramolecular Hbond substituents is 1. The van der Waals surface area contributed by atoms with Gasteiger partial charge in [-0.1, -0.05) is 11.2 Å². The highest BCUT2D eigenvalue weighted by Crippen LogP contribution is 2.16. The summed E-state index contributed by atoms with van der Waals surface area (Å²) in [4.78, 5) is 16.5. The van der Waals surface area contributed by atoms with Gasteiger partial charge in [-0.3, -0.25) is 4.79 Å². The van der Waals surface area contributed by atoms with Crippen LogP contribution in [0.4, 0.5) is 5.69 Å². The fraction of sp³-hybridized carbons (Fsp3) is 0. The highest BCUT2D eigenvalue weighted by molar-refractivity contribution is 6.06. The Labute approximate surface area is 97.7 Å². The molecule has 5 heteroatoms. The van der Waals surface area contributed by atoms with Gasteiger partial charge in [-0.05, 0) is 24.3 Å². The molecule has 0 unspecified atom stereocenters. The number of anilines is 1. The lowest BCUT2D eigenvalue weighted by Crippen LogP contribution is -2.13. The number of benzene rings is 1. The van der Waals surface area contributed by atoms with Crippen molar-refractivity contribution < 1.29 is 14.7 Å². The summed E-state index contributed by atoms with van der Waals surface area (Å²) in [5, 5.41) is 15.4. The van der Waals surface area contributed by atoms with Gasteiger partial charge in [0.1, 0.15) is 12.0 Å². The predicted molar refractivity (Wildman–Crippen MR) is 63.5 cm³/mol. The minimum atomic E-state index is -0.336. The van der Waals surface area contributed by atoms with E-state index in [0.29, 0.717) is 11.3 Å². The summed E-state index contributed by atoms with van der Waals surface area (Å²) >= 11 is 0.